The molecule has 0 spiro atoms. The fourth-order valence-corrected chi connectivity index (χ4v) is 4.79. The molecular formula is C26H24N4O2S. The van der Waals surface area contributed by atoms with Crippen molar-refractivity contribution in [3.63, 3.8) is 0 Å². The Morgan fingerprint density at radius 2 is 1.85 bits per heavy atom. The predicted molar refractivity (Wildman–Crippen MR) is 131 cm³/mol. The molecule has 0 aromatic heterocycles. The highest BCUT2D eigenvalue weighted by Gasteiger charge is 2.34. The minimum Gasteiger partial charge on any atom is -0.494 e. The molecule has 6 nitrogen and oxygen atoms in total. The van der Waals surface area contributed by atoms with Gasteiger partial charge in [0.15, 0.2) is 11.3 Å². The molecule has 0 bridgehead atoms. The molecule has 0 fully saturated rings. The summed E-state index contributed by atoms with van der Waals surface area (Å²) in [5, 5.41) is 11.7. The summed E-state index contributed by atoms with van der Waals surface area (Å²) < 4.78 is 5.71. The summed E-state index contributed by atoms with van der Waals surface area (Å²) in [6, 6.07) is 23.8. The van der Waals surface area contributed by atoms with Gasteiger partial charge in [-0.3, -0.25) is 15.1 Å². The van der Waals surface area contributed by atoms with Gasteiger partial charge in [-0.15, -0.1) is 5.10 Å². The number of carbonyl (C=O) groups is 1. The third kappa shape index (κ3) is 4.24. The maximum atomic E-state index is 13.3. The van der Waals surface area contributed by atoms with E-state index in [1.807, 2.05) is 68.4 Å². The minimum atomic E-state index is -0.442. The van der Waals surface area contributed by atoms with Crippen LogP contribution in [0, 0.1) is 6.92 Å². The van der Waals surface area contributed by atoms with Crippen LogP contribution in [-0.4, -0.2) is 22.7 Å². The minimum absolute atomic E-state index is 0.171. The van der Waals surface area contributed by atoms with Crippen LogP contribution >= 0.6 is 11.8 Å². The monoisotopic (exact) mass is 456 g/mol. The first-order valence-electron chi connectivity index (χ1n) is 10.9. The van der Waals surface area contributed by atoms with Gasteiger partial charge in [0.2, 0.25) is 0 Å². The van der Waals surface area contributed by atoms with E-state index in [4.69, 9.17) is 14.8 Å². The fraction of sp³-hybridized carbons (Fsp3) is 0.192. The molecule has 2 aliphatic rings. The number of ether oxygens (including phenoxy) is 1. The van der Waals surface area contributed by atoms with Gasteiger partial charge in [0.25, 0.3) is 5.91 Å². The summed E-state index contributed by atoms with van der Waals surface area (Å²) in [4.78, 5) is 18.2. The third-order valence-corrected chi connectivity index (χ3v) is 6.47. The van der Waals surface area contributed by atoms with E-state index in [1.165, 1.54) is 17.3 Å². The highest BCUT2D eigenvalue weighted by atomic mass is 32.2. The second kappa shape index (κ2) is 9.11. The number of benzene rings is 3. The van der Waals surface area contributed by atoms with E-state index in [-0.39, 0.29) is 5.91 Å². The molecule has 1 atom stereocenters. The van der Waals surface area contributed by atoms with Gasteiger partial charge < -0.3 is 4.74 Å². The molecule has 1 N–H and O–H groups in total. The Balaban J connectivity index is 1.56. The van der Waals surface area contributed by atoms with Crippen molar-refractivity contribution in [3.05, 3.63) is 100 Å². The second-order valence-corrected chi connectivity index (χ2v) is 8.77. The number of nitrogens with one attached hydrogen (secondary N) is 1. The smallest absolute Gasteiger partial charge is 0.276 e. The zero-order valence-electron chi connectivity index (χ0n) is 18.5. The molecule has 0 saturated carbocycles. The molecule has 2 heterocycles. The van der Waals surface area contributed by atoms with Gasteiger partial charge in [-0.2, -0.15) is 0 Å². The number of nitrogens with zero attached hydrogens (tertiary/aromatic N) is 3. The number of hydrazone groups is 1. The number of carbonyl (C=O) groups excluding carboxylic acids is 1. The predicted octanol–water partition coefficient (Wildman–Crippen LogP) is 3.47. The highest BCUT2D eigenvalue weighted by molar-refractivity contribution is 8.13. The van der Waals surface area contributed by atoms with Crippen LogP contribution in [0.5, 0.6) is 5.75 Å². The van der Waals surface area contributed by atoms with E-state index in [0.29, 0.717) is 23.2 Å². The molecule has 2 aliphatic heterocycles. The number of fused-ring (bicyclic) bond motifs is 2. The van der Waals surface area contributed by atoms with Crippen molar-refractivity contribution >= 4 is 28.5 Å². The third-order valence-electron chi connectivity index (χ3n) is 5.53. The molecule has 1 amide bonds. The molecule has 166 valence electrons. The van der Waals surface area contributed by atoms with Crippen LogP contribution in [0.15, 0.2) is 82.9 Å². The van der Waals surface area contributed by atoms with Crippen LogP contribution in [0.4, 0.5) is 0 Å². The van der Waals surface area contributed by atoms with Crippen molar-refractivity contribution in [1.29, 1.82) is 0 Å². The summed E-state index contributed by atoms with van der Waals surface area (Å²) in [6.07, 6.45) is -0.442. The Kier molecular flexibility index (Phi) is 5.88. The summed E-state index contributed by atoms with van der Waals surface area (Å²) in [5.41, 5.74) is 3.66. The largest absolute Gasteiger partial charge is 0.494 e. The Hall–Kier alpha value is -3.58. The molecule has 3 aromatic carbocycles. The number of hydrogen-bond donors (Lipinski definition) is 1. The normalized spacial score (nSPS) is 16.8. The van der Waals surface area contributed by atoms with Crippen molar-refractivity contribution in [2.45, 2.75) is 25.8 Å². The summed E-state index contributed by atoms with van der Waals surface area (Å²) in [7, 11) is 0. The number of amidine groups is 1. The number of aryl methyl sites for hydroxylation is 1. The van der Waals surface area contributed by atoms with Crippen molar-refractivity contribution < 1.29 is 9.53 Å². The van der Waals surface area contributed by atoms with Crippen LogP contribution in [0.25, 0.3) is 5.70 Å². The Labute approximate surface area is 196 Å². The van der Waals surface area contributed by atoms with Crippen LogP contribution < -0.4 is 20.6 Å². The molecule has 5 rings (SSSR count). The first-order chi connectivity index (χ1) is 16.1. The van der Waals surface area contributed by atoms with Crippen LogP contribution in [0.1, 0.15) is 29.8 Å². The summed E-state index contributed by atoms with van der Waals surface area (Å²) in [5.74, 6) is 1.39. The van der Waals surface area contributed by atoms with Crippen molar-refractivity contribution in [2.24, 2.45) is 10.1 Å². The number of para-hydroxylation sites is 1. The Morgan fingerprint density at radius 1 is 1.06 bits per heavy atom. The lowest BCUT2D eigenvalue weighted by atomic mass is 10.1. The first-order valence-corrected chi connectivity index (χ1v) is 11.9. The maximum absolute atomic E-state index is 13.3. The Bertz CT molecular complexity index is 1350. The molecule has 33 heavy (non-hydrogen) atoms. The topological polar surface area (TPSA) is 66.3 Å². The van der Waals surface area contributed by atoms with Crippen molar-refractivity contribution in [1.82, 2.24) is 10.3 Å². The first kappa shape index (κ1) is 21.3. The van der Waals surface area contributed by atoms with E-state index < -0.39 is 6.17 Å². The van der Waals surface area contributed by atoms with Gasteiger partial charge >= 0.3 is 0 Å². The molecule has 3 aromatic rings. The molecule has 7 heteroatoms. The van der Waals surface area contributed by atoms with Crippen LogP contribution in [0.2, 0.25) is 0 Å². The zero-order chi connectivity index (χ0) is 22.8. The zero-order valence-corrected chi connectivity index (χ0v) is 19.3. The number of amides is 1. The number of rotatable bonds is 5. The van der Waals surface area contributed by atoms with Gasteiger partial charge in [-0.1, -0.05) is 66.4 Å². The van der Waals surface area contributed by atoms with Crippen LogP contribution in [-0.2, 0) is 10.5 Å². The fourth-order valence-electron chi connectivity index (χ4n) is 3.99. The lowest BCUT2D eigenvalue weighted by Crippen LogP contribution is -2.50. The van der Waals surface area contributed by atoms with Gasteiger partial charge in [0, 0.05) is 11.0 Å². The lowest BCUT2D eigenvalue weighted by molar-refractivity contribution is -0.116. The molecule has 0 aliphatic carbocycles. The second-order valence-electron chi connectivity index (χ2n) is 7.80. The van der Waals surface area contributed by atoms with E-state index in [0.717, 1.165) is 27.5 Å². The maximum Gasteiger partial charge on any atom is 0.276 e. The average molecular weight is 457 g/mol. The molecule has 0 saturated heterocycles. The molecule has 0 radical (unpaired) electrons. The van der Waals surface area contributed by atoms with Gasteiger partial charge in [0.05, 0.1) is 12.0 Å². The van der Waals surface area contributed by atoms with Gasteiger partial charge in [-0.05, 0) is 48.7 Å². The standard InChI is InChI=1S/C26H24N4O2S/c1-3-32-22-14-13-19(15-17(22)2)24-27-21-12-8-7-11-20(21)23-25(31)28-26(29-30(23)24)33-16-18-9-5-4-6-10-18/h4-15,24H,3,16H2,1-2H3,(H,28,29,31). The van der Waals surface area contributed by atoms with E-state index in [2.05, 4.69) is 23.5 Å². The summed E-state index contributed by atoms with van der Waals surface area (Å²) in [6.45, 7) is 4.60. The Morgan fingerprint density at radius 3 is 2.64 bits per heavy atom. The number of thioether (sulfide) groups is 1. The van der Waals surface area contributed by atoms with E-state index in [9.17, 15) is 4.79 Å². The lowest BCUT2D eigenvalue weighted by Gasteiger charge is -2.34. The average Bonchev–Trinajstić information content (AvgIpc) is 2.84. The molecular weight excluding hydrogens is 432 g/mol. The molecule has 1 unspecified atom stereocenters. The van der Waals surface area contributed by atoms with Crippen LogP contribution in [0.3, 0.4) is 0 Å². The summed E-state index contributed by atoms with van der Waals surface area (Å²) >= 11 is 1.50. The van der Waals surface area contributed by atoms with Gasteiger partial charge in [0.1, 0.15) is 11.4 Å². The SMILES string of the molecule is CCOc1ccc(C2N=c3ccccc3=C3C(=O)NC(SCc4ccccc4)=NN32)cc1C. The number of hydrogen-bond acceptors (Lipinski definition) is 6. The van der Waals surface area contributed by atoms with Crippen molar-refractivity contribution in [2.75, 3.05) is 6.61 Å². The quantitative estimate of drug-likeness (QED) is 0.639. The highest BCUT2D eigenvalue weighted by Crippen LogP contribution is 2.33. The van der Waals surface area contributed by atoms with Gasteiger partial charge in [-0.25, -0.2) is 5.01 Å². The van der Waals surface area contributed by atoms with E-state index >= 15 is 0 Å². The van der Waals surface area contributed by atoms with Crippen molar-refractivity contribution in [3.8, 4) is 5.75 Å². The van der Waals surface area contributed by atoms with E-state index in [1.54, 1.807) is 5.01 Å².